The highest BCUT2D eigenvalue weighted by Gasteiger charge is 2.31. The third kappa shape index (κ3) is 6.39. The van der Waals surface area contributed by atoms with E-state index in [-0.39, 0.29) is 5.75 Å². The van der Waals surface area contributed by atoms with Crippen LogP contribution in [-0.4, -0.2) is 28.2 Å². The largest absolute Gasteiger partial charge is 0.573 e. The highest BCUT2D eigenvalue weighted by molar-refractivity contribution is 7.96. The van der Waals surface area contributed by atoms with Crippen LogP contribution < -0.4 is 14.8 Å². The zero-order valence-electron chi connectivity index (χ0n) is 19.5. The molecule has 0 spiro atoms. The van der Waals surface area contributed by atoms with Gasteiger partial charge in [-0.2, -0.15) is 0 Å². The van der Waals surface area contributed by atoms with Crippen LogP contribution in [0, 0.1) is 0 Å². The molecule has 0 saturated carbocycles. The number of ether oxygens (including phenoxy) is 1. The van der Waals surface area contributed by atoms with E-state index < -0.39 is 12.4 Å². The molecule has 0 radical (unpaired) electrons. The maximum atomic E-state index is 12.4. The Morgan fingerprint density at radius 2 is 1.82 bits per heavy atom. The smallest absolute Gasteiger partial charge is 0.406 e. The van der Waals surface area contributed by atoms with Crippen LogP contribution in [0.2, 0.25) is 10.0 Å². The predicted octanol–water partition coefficient (Wildman–Crippen LogP) is 8.19. The highest BCUT2D eigenvalue weighted by Crippen LogP contribution is 2.29. The molecule has 0 saturated heterocycles. The van der Waals surface area contributed by atoms with Crippen LogP contribution in [0.25, 0.3) is 27.5 Å². The number of nitrogens with zero attached hydrogens (tertiary/aromatic N) is 3. The number of hydrogen-bond donors (Lipinski definition) is 2. The quantitative estimate of drug-likeness (QED) is 0.154. The molecule has 2 amide bonds. The van der Waals surface area contributed by atoms with Crippen LogP contribution in [-0.2, 0) is 0 Å². The molecule has 198 valence electrons. The number of carbonyl (C=O) groups is 1. The fraction of sp³-hybridized carbons (Fsp3) is 0.0385. The Bertz CT molecular complexity index is 1710. The maximum Gasteiger partial charge on any atom is 0.573 e. The van der Waals surface area contributed by atoms with Crippen LogP contribution in [0.3, 0.4) is 0 Å². The van der Waals surface area contributed by atoms with Gasteiger partial charge in [-0.25, -0.2) is 14.2 Å². The van der Waals surface area contributed by atoms with Crippen LogP contribution in [0.1, 0.15) is 5.56 Å². The van der Waals surface area contributed by atoms with Gasteiger partial charge < -0.3 is 10.1 Å². The first-order chi connectivity index (χ1) is 18.7. The summed E-state index contributed by atoms with van der Waals surface area (Å²) in [7, 11) is 0. The second-order valence-electron chi connectivity index (χ2n) is 8.08. The van der Waals surface area contributed by atoms with E-state index in [1.807, 2.05) is 30.3 Å². The number of nitrogens with one attached hydrogen (secondary N) is 2. The third-order valence-corrected chi connectivity index (χ3v) is 6.53. The summed E-state index contributed by atoms with van der Waals surface area (Å²) in [6.45, 7) is 0. The summed E-state index contributed by atoms with van der Waals surface area (Å²) >= 11 is 12.8. The first-order valence-electron chi connectivity index (χ1n) is 11.1. The fourth-order valence-corrected chi connectivity index (χ4v) is 4.52. The standard InChI is InChI=1S/C26H16Cl2F3N5O2S/c27-17-3-9-21(28)22(12-17)34-25(37)35-39-33-13-15-1-8-20-16(11-15)2-10-23-24(20)32-14-36(23)18-4-6-19(7-5-18)38-26(29,30)31/h1-14H,(H2,34,35,37). The Morgan fingerprint density at radius 3 is 2.59 bits per heavy atom. The van der Waals surface area contributed by atoms with Crippen molar-refractivity contribution in [2.45, 2.75) is 6.36 Å². The number of alkyl halides is 3. The first kappa shape index (κ1) is 26.7. The summed E-state index contributed by atoms with van der Waals surface area (Å²) in [6, 6.07) is 19.3. The van der Waals surface area contributed by atoms with Crippen molar-refractivity contribution in [3.8, 4) is 11.4 Å². The minimum Gasteiger partial charge on any atom is -0.406 e. The molecule has 5 aromatic rings. The van der Waals surface area contributed by atoms with Gasteiger partial charge in [0.2, 0.25) is 0 Å². The summed E-state index contributed by atoms with van der Waals surface area (Å²) in [5, 5.41) is 5.19. The Kier molecular flexibility index (Phi) is 7.56. The summed E-state index contributed by atoms with van der Waals surface area (Å²) in [4.78, 5) is 16.6. The van der Waals surface area contributed by atoms with Gasteiger partial charge in [0, 0.05) is 22.3 Å². The molecular formula is C26H16Cl2F3N5O2S. The van der Waals surface area contributed by atoms with E-state index in [0.29, 0.717) is 21.4 Å². The predicted molar refractivity (Wildman–Crippen MR) is 149 cm³/mol. The molecule has 13 heteroatoms. The topological polar surface area (TPSA) is 80.5 Å². The van der Waals surface area contributed by atoms with Crippen LogP contribution in [0.4, 0.5) is 23.7 Å². The van der Waals surface area contributed by atoms with Gasteiger partial charge in [0.15, 0.2) is 0 Å². The molecule has 1 heterocycles. The average molecular weight is 590 g/mol. The number of hydrogen-bond acceptors (Lipinski definition) is 5. The van der Waals surface area contributed by atoms with Gasteiger partial charge in [-0.05, 0) is 65.5 Å². The van der Waals surface area contributed by atoms with Crippen molar-refractivity contribution in [1.82, 2.24) is 14.3 Å². The average Bonchev–Trinajstić information content (AvgIpc) is 3.33. The van der Waals surface area contributed by atoms with Crippen molar-refractivity contribution in [2.75, 3.05) is 5.32 Å². The third-order valence-electron chi connectivity index (χ3n) is 5.47. The minimum atomic E-state index is -4.75. The molecule has 0 bridgehead atoms. The van der Waals surface area contributed by atoms with Gasteiger partial charge >= 0.3 is 12.4 Å². The molecule has 5 rings (SSSR count). The van der Waals surface area contributed by atoms with E-state index in [1.54, 1.807) is 29.2 Å². The van der Waals surface area contributed by atoms with Crippen molar-refractivity contribution in [3.63, 3.8) is 0 Å². The first-order valence-corrected chi connectivity index (χ1v) is 12.7. The number of fused-ring (bicyclic) bond motifs is 3. The highest BCUT2D eigenvalue weighted by atomic mass is 35.5. The van der Waals surface area contributed by atoms with Gasteiger partial charge in [-0.15, -0.1) is 13.2 Å². The molecule has 0 fully saturated rings. The molecule has 0 aliphatic carbocycles. The SMILES string of the molecule is O=C(NSN=Cc1ccc2c(ccc3c2ncn3-c2ccc(OC(F)(F)F)cc2)c1)Nc1cc(Cl)ccc1Cl. The fourth-order valence-electron chi connectivity index (χ4n) is 3.82. The maximum absolute atomic E-state index is 12.4. The van der Waals surface area contributed by atoms with Crippen molar-refractivity contribution in [2.24, 2.45) is 4.40 Å². The number of urea groups is 1. The molecule has 0 aliphatic heterocycles. The number of carbonyl (C=O) groups excluding carboxylic acids is 1. The minimum absolute atomic E-state index is 0.296. The van der Waals surface area contributed by atoms with E-state index in [0.717, 1.165) is 39.5 Å². The number of anilines is 1. The molecule has 0 unspecified atom stereocenters. The summed E-state index contributed by atoms with van der Waals surface area (Å²) < 4.78 is 49.7. The Labute approximate surface area is 233 Å². The van der Waals surface area contributed by atoms with Gasteiger partial charge in [-0.1, -0.05) is 41.4 Å². The second-order valence-corrected chi connectivity index (χ2v) is 9.52. The van der Waals surface area contributed by atoms with Gasteiger partial charge in [0.25, 0.3) is 0 Å². The molecule has 39 heavy (non-hydrogen) atoms. The van der Waals surface area contributed by atoms with Gasteiger partial charge in [0.05, 0.1) is 33.9 Å². The second kappa shape index (κ2) is 11.0. The van der Waals surface area contributed by atoms with Crippen molar-refractivity contribution >= 4 is 75.1 Å². The Morgan fingerprint density at radius 1 is 1.03 bits per heavy atom. The molecule has 1 aromatic heterocycles. The van der Waals surface area contributed by atoms with E-state index in [2.05, 4.69) is 24.2 Å². The Balaban J connectivity index is 1.27. The van der Waals surface area contributed by atoms with Crippen molar-refractivity contribution < 1.29 is 22.7 Å². The van der Waals surface area contributed by atoms with Crippen LogP contribution in [0.15, 0.2) is 83.5 Å². The number of halogens is 5. The van der Waals surface area contributed by atoms with E-state index >= 15 is 0 Å². The molecule has 0 aliphatic rings. The lowest BCUT2D eigenvalue weighted by Crippen LogP contribution is -2.22. The van der Waals surface area contributed by atoms with Crippen LogP contribution >= 0.6 is 35.3 Å². The summed E-state index contributed by atoms with van der Waals surface area (Å²) in [6.07, 6.45) is -1.53. The zero-order chi connectivity index (χ0) is 27.6. The number of rotatable bonds is 6. The van der Waals surface area contributed by atoms with Gasteiger partial charge in [-0.3, -0.25) is 9.29 Å². The number of benzene rings is 4. The van der Waals surface area contributed by atoms with Crippen molar-refractivity contribution in [3.05, 3.63) is 94.7 Å². The Hall–Kier alpha value is -3.93. The van der Waals surface area contributed by atoms with Gasteiger partial charge in [0.1, 0.15) is 12.1 Å². The summed E-state index contributed by atoms with van der Waals surface area (Å²) in [5.74, 6) is -0.296. The number of aromatic nitrogens is 2. The lowest BCUT2D eigenvalue weighted by Gasteiger charge is -2.10. The molecule has 4 aromatic carbocycles. The van der Waals surface area contributed by atoms with E-state index in [1.165, 1.54) is 30.3 Å². The molecular weight excluding hydrogens is 574 g/mol. The lowest BCUT2D eigenvalue weighted by molar-refractivity contribution is -0.274. The normalized spacial score (nSPS) is 11.8. The molecule has 2 N–H and O–H groups in total. The molecule has 7 nitrogen and oxygen atoms in total. The number of imidazole rings is 1. The van der Waals surface area contributed by atoms with Crippen LogP contribution in [0.5, 0.6) is 5.75 Å². The monoisotopic (exact) mass is 589 g/mol. The number of amides is 2. The molecule has 0 atom stereocenters. The van der Waals surface area contributed by atoms with E-state index in [9.17, 15) is 18.0 Å². The lowest BCUT2D eigenvalue weighted by atomic mass is 10.1. The van der Waals surface area contributed by atoms with E-state index in [4.69, 9.17) is 23.2 Å². The van der Waals surface area contributed by atoms with Crippen molar-refractivity contribution in [1.29, 1.82) is 0 Å². The summed E-state index contributed by atoms with van der Waals surface area (Å²) in [5.41, 5.74) is 3.34. The zero-order valence-corrected chi connectivity index (χ0v) is 21.9.